The minimum Gasteiger partial charge on any atom is -1.00 e. The number of hydrogen-bond donors (Lipinski definition) is 0. The van der Waals surface area contributed by atoms with Gasteiger partial charge in [-0.15, -0.1) is 0 Å². The monoisotopic (exact) mass is 434 g/mol. The Morgan fingerprint density at radius 1 is 1.18 bits per heavy atom. The summed E-state index contributed by atoms with van der Waals surface area (Å²) in [6.07, 6.45) is 6.45. The van der Waals surface area contributed by atoms with Crippen LogP contribution < -0.4 is 34.0 Å². The minimum atomic E-state index is -0.232. The number of unbranched alkanes of at least 4 members (excludes halogenated alkanes) is 1. The van der Waals surface area contributed by atoms with E-state index in [-0.39, 0.29) is 57.2 Å². The first-order chi connectivity index (χ1) is 7.36. The van der Waals surface area contributed by atoms with E-state index in [1.807, 2.05) is 0 Å². The molecule has 0 nitrogen and oxygen atoms in total. The van der Waals surface area contributed by atoms with Crippen LogP contribution in [0.5, 0.6) is 0 Å². The van der Waals surface area contributed by atoms with Crippen molar-refractivity contribution in [1.82, 2.24) is 0 Å². The fraction of sp³-hybridized carbons (Fsp3) is 0.429. The van der Waals surface area contributed by atoms with Gasteiger partial charge in [0.15, 0.2) is 0 Å². The second-order valence-corrected chi connectivity index (χ2v) is 7.01. The van der Waals surface area contributed by atoms with Crippen molar-refractivity contribution in [1.29, 1.82) is 0 Å². The molecule has 0 fully saturated rings. The van der Waals surface area contributed by atoms with E-state index in [2.05, 4.69) is 41.9 Å². The van der Waals surface area contributed by atoms with Crippen LogP contribution in [-0.4, -0.2) is 0 Å². The van der Waals surface area contributed by atoms with Crippen molar-refractivity contribution >= 4 is 6.08 Å². The summed E-state index contributed by atoms with van der Waals surface area (Å²) in [5.41, 5.74) is 4.85. The van der Waals surface area contributed by atoms with Crippen molar-refractivity contribution in [3.05, 3.63) is 41.0 Å². The Balaban J connectivity index is 0.00000128. The molecule has 2 rings (SSSR count). The van der Waals surface area contributed by atoms with Gasteiger partial charge in [-0.1, -0.05) is 0 Å². The molecule has 1 unspecified atom stereocenters. The molecule has 0 bridgehead atoms. The molecule has 0 amide bonds. The fourth-order valence-electron chi connectivity index (χ4n) is 2.33. The Labute approximate surface area is 137 Å². The largest absolute Gasteiger partial charge is 1.00 e. The van der Waals surface area contributed by atoms with Crippen LogP contribution in [0.25, 0.3) is 6.08 Å². The molecular weight excluding hydrogens is 419 g/mol. The third-order valence-corrected chi connectivity index (χ3v) is 6.22. The minimum absolute atomic E-state index is 0. The third kappa shape index (κ3) is 4.15. The third-order valence-electron chi connectivity index (χ3n) is 3.13. The van der Waals surface area contributed by atoms with Crippen LogP contribution in [0.15, 0.2) is 29.8 Å². The van der Waals surface area contributed by atoms with Gasteiger partial charge in [0.2, 0.25) is 0 Å². The summed E-state index contributed by atoms with van der Waals surface area (Å²) in [7, 11) is 0. The van der Waals surface area contributed by atoms with Crippen molar-refractivity contribution in [2.45, 2.75) is 34.4 Å². The Morgan fingerprint density at radius 3 is 2.53 bits per heavy atom. The van der Waals surface area contributed by atoms with Crippen molar-refractivity contribution in [3.8, 4) is 0 Å². The van der Waals surface area contributed by atoms with E-state index in [0.29, 0.717) is 0 Å². The molecule has 1 aromatic carbocycles. The van der Waals surface area contributed by atoms with Gasteiger partial charge in [-0.3, -0.25) is 0 Å². The quantitative estimate of drug-likeness (QED) is 0.536. The van der Waals surface area contributed by atoms with Gasteiger partial charge in [0, 0.05) is 0 Å². The molecule has 1 aliphatic carbocycles. The summed E-state index contributed by atoms with van der Waals surface area (Å²) in [6, 6.07) is 8.96. The van der Waals surface area contributed by atoms with Gasteiger partial charge >= 0.3 is 105 Å². The standard InChI is InChI=1S/C13H15.CH3.2BrH.Zr/c1-2-3-6-11-9-12-7-4-5-8-13(12)10-11;;;;/h4-5,7-10H,2-3,6H2,1H3;1H3;2*1H;/q;;;;+2/p-2. The van der Waals surface area contributed by atoms with Crippen LogP contribution >= 0.6 is 0 Å². The number of hydrogen-bond acceptors (Lipinski definition) is 0. The molecule has 1 atom stereocenters. The predicted octanol–water partition coefficient (Wildman–Crippen LogP) is -1.55. The molecular formula is C14H18Br2Zr. The molecule has 0 N–H and O–H groups in total. The SMILES string of the molecule is CCCCC1=Cc2ccccc2[CH]1[Zr+2][CH3].[Br-].[Br-]. The van der Waals surface area contributed by atoms with Crippen LogP contribution in [0.3, 0.4) is 0 Å². The Kier molecular flexibility index (Phi) is 9.24. The average molecular weight is 437 g/mol. The maximum atomic E-state index is 2.47. The van der Waals surface area contributed by atoms with Gasteiger partial charge in [-0.2, -0.15) is 0 Å². The number of fused-ring (bicyclic) bond motifs is 1. The van der Waals surface area contributed by atoms with Crippen LogP contribution in [0.2, 0.25) is 4.63 Å². The summed E-state index contributed by atoms with van der Waals surface area (Å²) in [6.45, 7) is 2.28. The molecule has 0 saturated carbocycles. The predicted molar refractivity (Wildman–Crippen MR) is 62.5 cm³/mol. The van der Waals surface area contributed by atoms with Crippen LogP contribution in [0.4, 0.5) is 0 Å². The zero-order valence-electron chi connectivity index (χ0n) is 10.3. The number of allylic oxidation sites excluding steroid dienone is 1. The van der Waals surface area contributed by atoms with Gasteiger partial charge in [-0.05, 0) is 0 Å². The van der Waals surface area contributed by atoms with E-state index < -0.39 is 0 Å². The Bertz CT molecular complexity index is 374. The van der Waals surface area contributed by atoms with Crippen molar-refractivity contribution in [2.24, 2.45) is 0 Å². The van der Waals surface area contributed by atoms with E-state index in [1.165, 1.54) is 24.8 Å². The zero-order valence-corrected chi connectivity index (χ0v) is 16.0. The fourth-order valence-corrected chi connectivity index (χ4v) is 5.21. The molecule has 0 radical (unpaired) electrons. The first-order valence-electron chi connectivity index (χ1n) is 5.83. The first-order valence-corrected chi connectivity index (χ1v) is 9.71. The van der Waals surface area contributed by atoms with E-state index in [4.69, 9.17) is 0 Å². The average Bonchev–Trinajstić information content (AvgIpc) is 2.63. The first kappa shape index (κ1) is 17.8. The maximum Gasteiger partial charge on any atom is -1.00 e. The zero-order chi connectivity index (χ0) is 10.7. The van der Waals surface area contributed by atoms with E-state index >= 15 is 0 Å². The van der Waals surface area contributed by atoms with Gasteiger partial charge < -0.3 is 34.0 Å². The smallest absolute Gasteiger partial charge is 1.00 e. The number of rotatable bonds is 4. The van der Waals surface area contributed by atoms with Crippen LogP contribution in [0, 0.1) is 0 Å². The molecule has 0 saturated heterocycles. The molecule has 92 valence electrons. The summed E-state index contributed by atoms with van der Waals surface area (Å²) in [4.78, 5) is 0. The topological polar surface area (TPSA) is 0 Å². The molecule has 0 aliphatic heterocycles. The van der Waals surface area contributed by atoms with E-state index in [1.54, 1.807) is 11.1 Å². The van der Waals surface area contributed by atoms with E-state index in [0.717, 1.165) is 3.63 Å². The molecule has 0 aromatic heterocycles. The van der Waals surface area contributed by atoms with E-state index in [9.17, 15) is 0 Å². The molecule has 0 spiro atoms. The molecule has 3 heteroatoms. The van der Waals surface area contributed by atoms with Gasteiger partial charge in [0.05, 0.1) is 0 Å². The summed E-state index contributed by atoms with van der Waals surface area (Å²) in [5.74, 6) is 0. The summed E-state index contributed by atoms with van der Waals surface area (Å²) < 4.78 is 3.34. The van der Waals surface area contributed by atoms with Crippen LogP contribution in [-0.2, 0) is 23.2 Å². The van der Waals surface area contributed by atoms with Crippen molar-refractivity contribution in [2.75, 3.05) is 0 Å². The second-order valence-electron chi connectivity index (χ2n) is 4.17. The molecule has 1 aromatic rings. The van der Waals surface area contributed by atoms with Crippen molar-refractivity contribution in [3.63, 3.8) is 0 Å². The summed E-state index contributed by atoms with van der Waals surface area (Å²) in [5, 5.41) is 0. The van der Waals surface area contributed by atoms with Crippen molar-refractivity contribution < 1.29 is 57.2 Å². The van der Waals surface area contributed by atoms with Crippen LogP contribution in [0.1, 0.15) is 40.9 Å². The number of benzene rings is 1. The molecule has 17 heavy (non-hydrogen) atoms. The normalized spacial score (nSPS) is 16.1. The molecule has 1 aliphatic rings. The second kappa shape index (κ2) is 8.83. The van der Waals surface area contributed by atoms with Gasteiger partial charge in [-0.25, -0.2) is 0 Å². The Hall–Kier alpha value is 0.803. The Morgan fingerprint density at radius 2 is 1.88 bits per heavy atom. The molecule has 0 heterocycles. The number of halogens is 2. The summed E-state index contributed by atoms with van der Waals surface area (Å²) >= 11 is -0.232. The van der Waals surface area contributed by atoms with Gasteiger partial charge in [0.25, 0.3) is 0 Å². The van der Waals surface area contributed by atoms with Gasteiger partial charge in [0.1, 0.15) is 0 Å². The maximum absolute atomic E-state index is 2.47.